The van der Waals surface area contributed by atoms with E-state index in [9.17, 15) is 18.0 Å². The van der Waals surface area contributed by atoms with Crippen LogP contribution < -0.4 is 9.44 Å². The zero-order valence-corrected chi connectivity index (χ0v) is 9.15. The molecule has 0 aromatic heterocycles. The molecule has 94 valence electrons. The molecule has 9 nitrogen and oxygen atoms in total. The molecule has 16 heavy (non-hydrogen) atoms. The molecular formula is C6H12N2O7S. The minimum atomic E-state index is -4.37. The molecule has 10 heteroatoms. The molecule has 0 rings (SSSR count). The van der Waals surface area contributed by atoms with Crippen LogP contribution in [-0.2, 0) is 19.7 Å². The number of nitrogens with one attached hydrogen (secondary N) is 2. The van der Waals surface area contributed by atoms with Gasteiger partial charge in [-0.3, -0.25) is 4.79 Å². The summed E-state index contributed by atoms with van der Waals surface area (Å²) in [5.74, 6) is -1.57. The Balaban J connectivity index is 4.45. The van der Waals surface area contributed by atoms with Crippen LogP contribution in [0.15, 0.2) is 0 Å². The normalized spacial score (nSPS) is 12.9. The van der Waals surface area contributed by atoms with E-state index in [0.29, 0.717) is 0 Å². The average Bonchev–Trinajstić information content (AvgIpc) is 2.13. The van der Waals surface area contributed by atoms with Crippen molar-refractivity contribution in [1.82, 2.24) is 9.44 Å². The van der Waals surface area contributed by atoms with Gasteiger partial charge in [-0.05, 0) is 6.92 Å². The number of carboxylic acids is 1. The molecule has 4 N–H and O–H groups in total. The molecule has 0 aromatic carbocycles. The Kier molecular flexibility index (Phi) is 5.71. The Labute approximate surface area is 91.6 Å². The van der Waals surface area contributed by atoms with Gasteiger partial charge in [0.2, 0.25) is 0 Å². The third-order valence-electron chi connectivity index (χ3n) is 1.27. The van der Waals surface area contributed by atoms with Crippen LogP contribution in [0.4, 0.5) is 4.79 Å². The van der Waals surface area contributed by atoms with Gasteiger partial charge in [-0.2, -0.15) is 13.1 Å². The minimum Gasteiger partial charge on any atom is -0.480 e. The highest BCUT2D eigenvalue weighted by molar-refractivity contribution is 7.88. The first-order valence-electron chi connectivity index (χ1n) is 4.13. The van der Waals surface area contributed by atoms with E-state index in [1.54, 1.807) is 4.72 Å². The van der Waals surface area contributed by atoms with Crippen LogP contribution in [0.3, 0.4) is 0 Å². The molecule has 0 aliphatic heterocycles. The fourth-order valence-corrected chi connectivity index (χ4v) is 1.54. The zero-order valence-electron chi connectivity index (χ0n) is 8.34. The second kappa shape index (κ2) is 6.25. The predicted molar refractivity (Wildman–Crippen MR) is 50.7 cm³/mol. The highest BCUT2D eigenvalue weighted by atomic mass is 32.2. The number of ether oxygens (including phenoxy) is 1. The van der Waals surface area contributed by atoms with E-state index in [4.69, 9.17) is 10.2 Å². The number of carboxylic acid groups (broad SMARTS) is 1. The first kappa shape index (κ1) is 14.6. The Bertz CT molecular complexity index is 352. The van der Waals surface area contributed by atoms with Gasteiger partial charge >= 0.3 is 22.3 Å². The van der Waals surface area contributed by atoms with E-state index >= 15 is 0 Å². The Morgan fingerprint density at radius 1 is 1.44 bits per heavy atom. The van der Waals surface area contributed by atoms with Crippen molar-refractivity contribution in [2.75, 3.05) is 13.2 Å². The third kappa shape index (κ3) is 5.48. The van der Waals surface area contributed by atoms with Gasteiger partial charge in [0.05, 0.1) is 13.2 Å². The SMILES string of the molecule is CCOC(=O)NS(=O)(=O)NC(CO)C(=O)O. The largest absolute Gasteiger partial charge is 0.480 e. The number of aliphatic carboxylic acids is 1. The minimum absolute atomic E-state index is 0.0380. The van der Waals surface area contributed by atoms with E-state index in [1.807, 2.05) is 0 Å². The molecule has 1 atom stereocenters. The van der Waals surface area contributed by atoms with Crippen LogP contribution in [0.25, 0.3) is 0 Å². The summed E-state index contributed by atoms with van der Waals surface area (Å²) in [7, 11) is -4.37. The summed E-state index contributed by atoms with van der Waals surface area (Å²) in [5, 5.41) is 17.0. The molecule has 0 saturated heterocycles. The monoisotopic (exact) mass is 256 g/mol. The first-order valence-corrected chi connectivity index (χ1v) is 5.61. The fraction of sp³-hybridized carbons (Fsp3) is 0.667. The number of aliphatic hydroxyl groups excluding tert-OH is 1. The summed E-state index contributed by atoms with van der Waals surface area (Å²) in [6.45, 7) is 0.482. The van der Waals surface area contributed by atoms with Crippen LogP contribution in [0.2, 0.25) is 0 Å². The number of carbonyl (C=O) groups is 2. The average molecular weight is 256 g/mol. The fourth-order valence-electron chi connectivity index (χ4n) is 0.653. The number of aliphatic hydroxyl groups is 1. The van der Waals surface area contributed by atoms with E-state index in [1.165, 1.54) is 11.6 Å². The molecule has 1 unspecified atom stereocenters. The lowest BCUT2D eigenvalue weighted by Crippen LogP contribution is -2.49. The maximum Gasteiger partial charge on any atom is 0.421 e. The molecule has 0 spiro atoms. The molecule has 0 heterocycles. The third-order valence-corrected chi connectivity index (χ3v) is 2.30. The van der Waals surface area contributed by atoms with Gasteiger partial charge in [0, 0.05) is 0 Å². The van der Waals surface area contributed by atoms with Gasteiger partial charge < -0.3 is 14.9 Å². The van der Waals surface area contributed by atoms with Crippen LogP contribution in [-0.4, -0.2) is 49.9 Å². The van der Waals surface area contributed by atoms with Crippen molar-refractivity contribution < 1.29 is 33.0 Å². The second-order valence-electron chi connectivity index (χ2n) is 2.52. The Morgan fingerprint density at radius 2 is 2.00 bits per heavy atom. The van der Waals surface area contributed by atoms with E-state index in [-0.39, 0.29) is 6.61 Å². The van der Waals surface area contributed by atoms with Crippen molar-refractivity contribution in [3.63, 3.8) is 0 Å². The standard InChI is InChI=1S/C6H12N2O7S/c1-2-15-6(12)8-16(13,14)7-4(3-9)5(10)11/h4,7,9H,2-3H2,1H3,(H,8,12)(H,10,11). The second-order valence-corrected chi connectivity index (χ2v) is 3.96. The maximum absolute atomic E-state index is 11.1. The van der Waals surface area contributed by atoms with Crippen LogP contribution in [0, 0.1) is 0 Å². The molecule has 1 amide bonds. The summed E-state index contributed by atoms with van der Waals surface area (Å²) < 4.78 is 29.4. The highest BCUT2D eigenvalue weighted by Gasteiger charge is 2.24. The molecule has 0 radical (unpaired) electrons. The molecule has 0 fully saturated rings. The van der Waals surface area contributed by atoms with Crippen molar-refractivity contribution in [1.29, 1.82) is 0 Å². The zero-order chi connectivity index (χ0) is 12.8. The van der Waals surface area contributed by atoms with Crippen LogP contribution in [0.1, 0.15) is 6.92 Å². The summed E-state index contributed by atoms with van der Waals surface area (Å²) in [4.78, 5) is 21.1. The molecule has 0 aromatic rings. The van der Waals surface area contributed by atoms with Gasteiger partial charge in [0.1, 0.15) is 6.04 Å². The Morgan fingerprint density at radius 3 is 2.38 bits per heavy atom. The lowest BCUT2D eigenvalue weighted by atomic mass is 10.3. The van der Waals surface area contributed by atoms with E-state index < -0.39 is 34.9 Å². The quantitative estimate of drug-likeness (QED) is 0.431. The van der Waals surface area contributed by atoms with Crippen molar-refractivity contribution >= 4 is 22.3 Å². The number of carbonyl (C=O) groups excluding carboxylic acids is 1. The van der Waals surface area contributed by atoms with Crippen LogP contribution in [0.5, 0.6) is 0 Å². The molecule has 0 aliphatic rings. The number of rotatable bonds is 6. The molecular weight excluding hydrogens is 244 g/mol. The van der Waals surface area contributed by atoms with Gasteiger partial charge in [-0.1, -0.05) is 0 Å². The van der Waals surface area contributed by atoms with E-state index in [2.05, 4.69) is 4.74 Å². The lowest BCUT2D eigenvalue weighted by molar-refractivity contribution is -0.139. The lowest BCUT2D eigenvalue weighted by Gasteiger charge is -2.12. The topological polar surface area (TPSA) is 142 Å². The van der Waals surface area contributed by atoms with Gasteiger partial charge in [0.25, 0.3) is 0 Å². The van der Waals surface area contributed by atoms with Gasteiger partial charge in [-0.25, -0.2) is 9.52 Å². The highest BCUT2D eigenvalue weighted by Crippen LogP contribution is 1.88. The van der Waals surface area contributed by atoms with Crippen molar-refractivity contribution in [2.24, 2.45) is 0 Å². The summed E-state index contributed by atoms with van der Waals surface area (Å²) in [6.07, 6.45) is -1.24. The van der Waals surface area contributed by atoms with Crippen molar-refractivity contribution in [2.45, 2.75) is 13.0 Å². The van der Waals surface area contributed by atoms with E-state index in [0.717, 1.165) is 0 Å². The molecule has 0 aliphatic carbocycles. The molecule has 0 bridgehead atoms. The van der Waals surface area contributed by atoms with Crippen molar-refractivity contribution in [3.05, 3.63) is 0 Å². The summed E-state index contributed by atoms with van der Waals surface area (Å²) >= 11 is 0. The number of hydrogen-bond acceptors (Lipinski definition) is 6. The van der Waals surface area contributed by atoms with Crippen molar-refractivity contribution in [3.8, 4) is 0 Å². The number of amides is 1. The predicted octanol–water partition coefficient (Wildman–Crippen LogP) is -1.99. The maximum atomic E-state index is 11.1. The van der Waals surface area contributed by atoms with Crippen LogP contribution >= 0.6 is 0 Å². The summed E-state index contributed by atoms with van der Waals surface area (Å²) in [6, 6.07) is -1.73. The first-order chi connectivity index (χ1) is 7.32. The molecule has 0 saturated carbocycles. The number of hydrogen-bond donors (Lipinski definition) is 4. The van der Waals surface area contributed by atoms with Gasteiger partial charge in [-0.15, -0.1) is 0 Å². The smallest absolute Gasteiger partial charge is 0.421 e. The summed E-state index contributed by atoms with van der Waals surface area (Å²) in [5.41, 5.74) is 0. The van der Waals surface area contributed by atoms with Gasteiger partial charge in [0.15, 0.2) is 0 Å². The Hall–Kier alpha value is -1.39.